The molecule has 0 radical (unpaired) electrons. The summed E-state index contributed by atoms with van der Waals surface area (Å²) in [5, 5.41) is 2.13. The monoisotopic (exact) mass is 578 g/mol. The molecule has 3 heterocycles. The number of anilines is 1. The zero-order valence-electron chi connectivity index (χ0n) is 23.5. The molecule has 6 rings (SSSR count). The standard InChI is InChI=1S/C32H39FN4O3S/c33-26-12-6-5-11-25(26)31-37(21-22-8-2-1-3-9-22)30(39)28(41-31)20-29(38)35-17-15-24(16-18-35)36-19-14-23-10-4-7-13-27(23)34-32(36)40/h4-7,10-13,22,24,28,31H,1-3,8-9,14-21H2,(H,34,40). The number of benzene rings is 2. The fourth-order valence-electron chi connectivity index (χ4n) is 6.93. The second kappa shape index (κ2) is 12.4. The maximum atomic E-state index is 14.9. The number of thioether (sulfide) groups is 1. The van der Waals surface area contributed by atoms with E-state index < -0.39 is 10.6 Å². The summed E-state index contributed by atoms with van der Waals surface area (Å²) in [6.07, 6.45) is 8.13. The van der Waals surface area contributed by atoms with Crippen LogP contribution in [-0.2, 0) is 16.0 Å². The minimum Gasteiger partial charge on any atom is -0.342 e. The molecule has 2 unspecified atom stereocenters. The third-order valence-electron chi connectivity index (χ3n) is 9.25. The summed E-state index contributed by atoms with van der Waals surface area (Å²) in [5.41, 5.74) is 2.54. The Morgan fingerprint density at radius 2 is 1.66 bits per heavy atom. The van der Waals surface area contributed by atoms with Crippen molar-refractivity contribution in [1.82, 2.24) is 14.7 Å². The van der Waals surface area contributed by atoms with Gasteiger partial charge in [0.15, 0.2) is 0 Å². The predicted molar refractivity (Wildman–Crippen MR) is 159 cm³/mol. The first kappa shape index (κ1) is 28.1. The maximum absolute atomic E-state index is 14.9. The molecule has 4 aliphatic rings. The number of halogens is 1. The lowest BCUT2D eigenvalue weighted by Crippen LogP contribution is -2.50. The molecule has 2 saturated heterocycles. The molecule has 218 valence electrons. The summed E-state index contributed by atoms with van der Waals surface area (Å²) < 4.78 is 14.9. The molecule has 2 atom stereocenters. The first-order chi connectivity index (χ1) is 20.0. The molecule has 0 bridgehead atoms. The minimum absolute atomic E-state index is 0.0335. The van der Waals surface area contributed by atoms with E-state index in [-0.39, 0.29) is 36.1 Å². The van der Waals surface area contributed by atoms with Crippen molar-refractivity contribution >= 4 is 35.3 Å². The third-order valence-corrected chi connectivity index (χ3v) is 10.7. The summed E-state index contributed by atoms with van der Waals surface area (Å²) in [6.45, 7) is 2.41. The second-order valence-electron chi connectivity index (χ2n) is 11.8. The highest BCUT2D eigenvalue weighted by Crippen LogP contribution is 2.46. The van der Waals surface area contributed by atoms with Crippen LogP contribution in [0.4, 0.5) is 14.9 Å². The Bertz CT molecular complexity index is 1280. The van der Waals surface area contributed by atoms with Crippen molar-refractivity contribution in [2.75, 3.05) is 31.5 Å². The van der Waals surface area contributed by atoms with Gasteiger partial charge in [0.25, 0.3) is 0 Å². The molecule has 1 N–H and O–H groups in total. The Labute approximate surface area is 245 Å². The van der Waals surface area contributed by atoms with Crippen LogP contribution < -0.4 is 5.32 Å². The fraction of sp³-hybridized carbons (Fsp3) is 0.531. The van der Waals surface area contributed by atoms with Crippen LogP contribution in [0.25, 0.3) is 0 Å². The van der Waals surface area contributed by atoms with E-state index in [4.69, 9.17) is 0 Å². The molecule has 4 amide bonds. The summed E-state index contributed by atoms with van der Waals surface area (Å²) in [6, 6.07) is 14.6. The average Bonchev–Trinajstić information content (AvgIpc) is 3.17. The van der Waals surface area contributed by atoms with E-state index in [1.54, 1.807) is 12.1 Å². The number of amides is 4. The maximum Gasteiger partial charge on any atom is 0.322 e. The Morgan fingerprint density at radius 1 is 0.927 bits per heavy atom. The van der Waals surface area contributed by atoms with Crippen molar-refractivity contribution < 1.29 is 18.8 Å². The van der Waals surface area contributed by atoms with E-state index in [1.165, 1.54) is 37.1 Å². The number of para-hydroxylation sites is 1. The zero-order chi connectivity index (χ0) is 28.3. The van der Waals surface area contributed by atoms with Crippen molar-refractivity contribution in [3.8, 4) is 0 Å². The molecule has 1 saturated carbocycles. The van der Waals surface area contributed by atoms with Crippen LogP contribution >= 0.6 is 11.8 Å². The molecule has 9 heteroatoms. The van der Waals surface area contributed by atoms with Gasteiger partial charge in [0.1, 0.15) is 11.2 Å². The number of hydrogen-bond acceptors (Lipinski definition) is 4. The van der Waals surface area contributed by atoms with Gasteiger partial charge in [-0.1, -0.05) is 55.7 Å². The van der Waals surface area contributed by atoms with E-state index in [2.05, 4.69) is 11.4 Å². The highest BCUT2D eigenvalue weighted by molar-refractivity contribution is 8.01. The zero-order valence-corrected chi connectivity index (χ0v) is 24.3. The number of fused-ring (bicyclic) bond motifs is 1. The summed E-state index contributed by atoms with van der Waals surface area (Å²) in [4.78, 5) is 45.7. The van der Waals surface area contributed by atoms with Gasteiger partial charge >= 0.3 is 6.03 Å². The van der Waals surface area contributed by atoms with Gasteiger partial charge in [-0.3, -0.25) is 9.59 Å². The lowest BCUT2D eigenvalue weighted by molar-refractivity contribution is -0.137. The van der Waals surface area contributed by atoms with Crippen LogP contribution in [0.15, 0.2) is 48.5 Å². The van der Waals surface area contributed by atoms with Crippen LogP contribution in [0.1, 0.15) is 67.9 Å². The Kier molecular flexibility index (Phi) is 8.51. The summed E-state index contributed by atoms with van der Waals surface area (Å²) >= 11 is 1.42. The molecule has 7 nitrogen and oxygen atoms in total. The number of carbonyl (C=O) groups excluding carboxylic acids is 3. The highest BCUT2D eigenvalue weighted by atomic mass is 32.2. The highest BCUT2D eigenvalue weighted by Gasteiger charge is 2.44. The first-order valence-electron chi connectivity index (χ1n) is 15.1. The quantitative estimate of drug-likeness (QED) is 0.469. The van der Waals surface area contributed by atoms with Gasteiger partial charge < -0.3 is 20.0 Å². The molecule has 2 aromatic carbocycles. The molecular formula is C32H39FN4O3S. The Morgan fingerprint density at radius 3 is 2.44 bits per heavy atom. The molecule has 41 heavy (non-hydrogen) atoms. The van der Waals surface area contributed by atoms with Gasteiger partial charge in [-0.25, -0.2) is 9.18 Å². The third kappa shape index (κ3) is 6.10. The van der Waals surface area contributed by atoms with Gasteiger partial charge in [-0.2, -0.15) is 0 Å². The summed E-state index contributed by atoms with van der Waals surface area (Å²) in [5.74, 6) is 0.0489. The Hall–Kier alpha value is -3.07. The number of rotatable bonds is 6. The lowest BCUT2D eigenvalue weighted by Gasteiger charge is -2.38. The van der Waals surface area contributed by atoms with E-state index in [1.807, 2.05) is 39.0 Å². The number of carbonyl (C=O) groups is 3. The van der Waals surface area contributed by atoms with E-state index in [0.717, 1.165) is 30.5 Å². The lowest BCUT2D eigenvalue weighted by atomic mass is 9.88. The molecule has 1 aliphatic carbocycles. The Balaban J connectivity index is 1.07. The van der Waals surface area contributed by atoms with E-state index in [9.17, 15) is 18.8 Å². The predicted octanol–water partition coefficient (Wildman–Crippen LogP) is 5.82. The molecular weight excluding hydrogens is 539 g/mol. The van der Waals surface area contributed by atoms with Crippen LogP contribution in [0.5, 0.6) is 0 Å². The van der Waals surface area contributed by atoms with Gasteiger partial charge in [0, 0.05) is 49.9 Å². The molecule has 2 aromatic rings. The van der Waals surface area contributed by atoms with Crippen LogP contribution in [-0.4, -0.2) is 70.0 Å². The molecule has 3 aliphatic heterocycles. The van der Waals surface area contributed by atoms with Gasteiger partial charge in [-0.15, -0.1) is 11.8 Å². The molecule has 0 spiro atoms. The number of nitrogens with one attached hydrogen (secondary N) is 1. The number of hydrogen-bond donors (Lipinski definition) is 1. The second-order valence-corrected chi connectivity index (χ2v) is 13.1. The largest absolute Gasteiger partial charge is 0.342 e. The number of piperidine rings is 1. The van der Waals surface area contributed by atoms with Crippen LogP contribution in [0, 0.1) is 11.7 Å². The van der Waals surface area contributed by atoms with Gasteiger partial charge in [-0.05, 0) is 55.7 Å². The van der Waals surface area contributed by atoms with Crippen molar-refractivity contribution in [2.45, 2.75) is 74.5 Å². The van der Waals surface area contributed by atoms with Gasteiger partial charge in [0.05, 0.1) is 5.25 Å². The number of likely N-dealkylation sites (tertiary alicyclic amines) is 1. The van der Waals surface area contributed by atoms with Crippen molar-refractivity contribution in [2.24, 2.45) is 5.92 Å². The normalized spacial score (nSPS) is 24.3. The summed E-state index contributed by atoms with van der Waals surface area (Å²) in [7, 11) is 0. The van der Waals surface area contributed by atoms with E-state index in [0.29, 0.717) is 50.5 Å². The molecule has 0 aromatic heterocycles. The van der Waals surface area contributed by atoms with Crippen molar-refractivity contribution in [3.63, 3.8) is 0 Å². The first-order valence-corrected chi connectivity index (χ1v) is 16.1. The van der Waals surface area contributed by atoms with E-state index >= 15 is 0 Å². The van der Waals surface area contributed by atoms with Gasteiger partial charge in [0.2, 0.25) is 11.8 Å². The number of urea groups is 1. The van der Waals surface area contributed by atoms with Crippen LogP contribution in [0.2, 0.25) is 0 Å². The average molecular weight is 579 g/mol. The van der Waals surface area contributed by atoms with Crippen molar-refractivity contribution in [1.29, 1.82) is 0 Å². The SMILES string of the molecule is O=C(CC1SC(c2ccccc2F)N(CC2CCCCC2)C1=O)N1CCC(N2CCc3ccccc3NC2=O)CC1. The van der Waals surface area contributed by atoms with Crippen LogP contribution in [0.3, 0.4) is 0 Å². The van der Waals surface area contributed by atoms with Crippen molar-refractivity contribution in [3.05, 3.63) is 65.5 Å². The molecule has 3 fully saturated rings. The fourth-order valence-corrected chi connectivity index (χ4v) is 8.40. The number of nitrogens with zero attached hydrogens (tertiary/aromatic N) is 3. The topological polar surface area (TPSA) is 73.0 Å². The minimum atomic E-state index is -0.511. The smallest absolute Gasteiger partial charge is 0.322 e.